The summed E-state index contributed by atoms with van der Waals surface area (Å²) in [5.41, 5.74) is 1.25. The monoisotopic (exact) mass is 289 g/mol. The predicted octanol–water partition coefficient (Wildman–Crippen LogP) is 1.52. The van der Waals surface area contributed by atoms with Crippen LogP contribution in [0.3, 0.4) is 0 Å². The highest BCUT2D eigenvalue weighted by Gasteiger charge is 2.17. The van der Waals surface area contributed by atoms with Gasteiger partial charge in [-0.3, -0.25) is 0 Å². The van der Waals surface area contributed by atoms with E-state index in [4.69, 9.17) is 5.11 Å². The van der Waals surface area contributed by atoms with Crippen molar-refractivity contribution in [3.05, 3.63) is 29.3 Å². The molecule has 0 amide bonds. The number of rotatable bonds is 7. The number of hydrogen-bond donors (Lipinski definition) is 2. The summed E-state index contributed by atoms with van der Waals surface area (Å²) in [5.74, 6) is 0.929. The Morgan fingerprint density at radius 3 is 2.72 bits per heavy atom. The third-order valence-electron chi connectivity index (χ3n) is 2.67. The number of thioether (sulfide) groups is 1. The lowest BCUT2D eigenvalue weighted by atomic mass is 10.1. The molecule has 2 N–H and O–H groups in total. The molecule has 0 aromatic heterocycles. The fraction of sp³-hybridized carbons (Fsp3) is 0.500. The minimum atomic E-state index is -3.47. The van der Waals surface area contributed by atoms with E-state index in [2.05, 4.69) is 4.72 Å². The average molecular weight is 289 g/mol. The largest absolute Gasteiger partial charge is 0.392 e. The summed E-state index contributed by atoms with van der Waals surface area (Å²) in [6, 6.07) is 4.93. The van der Waals surface area contributed by atoms with E-state index in [1.165, 1.54) is 0 Å². The molecule has 1 aromatic rings. The number of aliphatic hydroxyl groups excluding tert-OH is 1. The van der Waals surface area contributed by atoms with Gasteiger partial charge in [0.25, 0.3) is 0 Å². The van der Waals surface area contributed by atoms with Crippen molar-refractivity contribution >= 4 is 21.8 Å². The van der Waals surface area contributed by atoms with Crippen LogP contribution in [0, 0.1) is 6.92 Å². The van der Waals surface area contributed by atoms with E-state index in [1.54, 1.807) is 36.9 Å². The number of hydrogen-bond acceptors (Lipinski definition) is 4. The van der Waals surface area contributed by atoms with Gasteiger partial charge in [0.2, 0.25) is 10.0 Å². The maximum absolute atomic E-state index is 12.1. The zero-order chi connectivity index (χ0) is 13.6. The van der Waals surface area contributed by atoms with E-state index in [-0.39, 0.29) is 11.5 Å². The third kappa shape index (κ3) is 3.98. The normalized spacial score (nSPS) is 11.7. The Morgan fingerprint density at radius 1 is 1.39 bits per heavy atom. The van der Waals surface area contributed by atoms with Gasteiger partial charge >= 0.3 is 0 Å². The Balaban J connectivity index is 2.85. The standard InChI is InChI=1S/C12H19NO3S2/c1-10-11(9-14)5-3-6-12(10)18(15,16)13-7-4-8-17-2/h3,5-6,13-14H,4,7-9H2,1-2H3. The van der Waals surface area contributed by atoms with Crippen LogP contribution in [0.1, 0.15) is 17.5 Å². The Hall–Kier alpha value is -0.560. The lowest BCUT2D eigenvalue weighted by Gasteiger charge is -2.11. The van der Waals surface area contributed by atoms with Gasteiger partial charge < -0.3 is 5.11 Å². The van der Waals surface area contributed by atoms with Crippen LogP contribution in [-0.2, 0) is 16.6 Å². The Bertz CT molecular complexity index is 486. The average Bonchev–Trinajstić information content (AvgIpc) is 2.35. The summed E-state index contributed by atoms with van der Waals surface area (Å²) in [7, 11) is -3.47. The first kappa shape index (κ1) is 15.5. The van der Waals surface area contributed by atoms with Crippen LogP contribution in [-0.4, -0.2) is 32.1 Å². The fourth-order valence-corrected chi connectivity index (χ4v) is 3.42. The van der Waals surface area contributed by atoms with Gasteiger partial charge in [0.1, 0.15) is 0 Å². The lowest BCUT2D eigenvalue weighted by Crippen LogP contribution is -2.26. The molecule has 0 bridgehead atoms. The second-order valence-electron chi connectivity index (χ2n) is 3.94. The molecule has 0 aliphatic carbocycles. The summed E-state index contributed by atoms with van der Waals surface area (Å²) in [6.07, 6.45) is 2.79. The van der Waals surface area contributed by atoms with Crippen molar-refractivity contribution in [1.29, 1.82) is 0 Å². The first-order valence-electron chi connectivity index (χ1n) is 5.71. The van der Waals surface area contributed by atoms with Crippen LogP contribution < -0.4 is 4.72 Å². The molecule has 0 heterocycles. The molecule has 6 heteroatoms. The maximum Gasteiger partial charge on any atom is 0.240 e. The van der Waals surface area contributed by atoms with Crippen LogP contribution in [0.4, 0.5) is 0 Å². The summed E-state index contributed by atoms with van der Waals surface area (Å²) >= 11 is 1.69. The number of sulfonamides is 1. The van der Waals surface area contributed by atoms with Gasteiger partial charge in [-0.25, -0.2) is 13.1 Å². The smallest absolute Gasteiger partial charge is 0.240 e. The SMILES string of the molecule is CSCCCNS(=O)(=O)c1cccc(CO)c1C. The van der Waals surface area contributed by atoms with Gasteiger partial charge in [0, 0.05) is 6.54 Å². The number of aliphatic hydroxyl groups is 1. The van der Waals surface area contributed by atoms with E-state index in [0.717, 1.165) is 12.2 Å². The van der Waals surface area contributed by atoms with Crippen molar-refractivity contribution in [1.82, 2.24) is 4.72 Å². The van der Waals surface area contributed by atoms with Gasteiger partial charge in [-0.05, 0) is 42.5 Å². The van der Waals surface area contributed by atoms with Gasteiger partial charge in [-0.1, -0.05) is 12.1 Å². The van der Waals surface area contributed by atoms with Crippen molar-refractivity contribution in [2.24, 2.45) is 0 Å². The summed E-state index contributed by atoms with van der Waals surface area (Å²) in [6.45, 7) is 2.00. The third-order valence-corrected chi connectivity index (χ3v) is 4.98. The fourth-order valence-electron chi connectivity index (χ4n) is 1.62. The van der Waals surface area contributed by atoms with Gasteiger partial charge in [0.15, 0.2) is 0 Å². The first-order valence-corrected chi connectivity index (χ1v) is 8.58. The second kappa shape index (κ2) is 7.13. The molecule has 18 heavy (non-hydrogen) atoms. The molecule has 0 spiro atoms. The molecule has 0 aliphatic heterocycles. The van der Waals surface area contributed by atoms with Crippen LogP contribution in [0.2, 0.25) is 0 Å². The highest BCUT2D eigenvalue weighted by molar-refractivity contribution is 7.98. The number of nitrogens with one attached hydrogen (secondary N) is 1. The molecule has 1 aromatic carbocycles. The molecule has 102 valence electrons. The van der Waals surface area contributed by atoms with Crippen molar-refractivity contribution in [3.8, 4) is 0 Å². The predicted molar refractivity (Wildman–Crippen MR) is 75.3 cm³/mol. The molecule has 0 saturated heterocycles. The van der Waals surface area contributed by atoms with Gasteiger partial charge in [-0.15, -0.1) is 0 Å². The van der Waals surface area contributed by atoms with Crippen molar-refractivity contribution in [2.45, 2.75) is 24.8 Å². The zero-order valence-corrected chi connectivity index (χ0v) is 12.3. The molecule has 0 atom stereocenters. The highest BCUT2D eigenvalue weighted by Crippen LogP contribution is 2.18. The van der Waals surface area contributed by atoms with E-state index >= 15 is 0 Å². The Morgan fingerprint density at radius 2 is 2.11 bits per heavy atom. The van der Waals surface area contributed by atoms with Crippen molar-refractivity contribution in [2.75, 3.05) is 18.6 Å². The molecular formula is C12H19NO3S2. The second-order valence-corrected chi connectivity index (χ2v) is 6.66. The number of benzene rings is 1. The lowest BCUT2D eigenvalue weighted by molar-refractivity contribution is 0.280. The van der Waals surface area contributed by atoms with Crippen LogP contribution >= 0.6 is 11.8 Å². The summed E-state index contributed by atoms with van der Waals surface area (Å²) in [5, 5.41) is 9.14. The molecule has 0 aliphatic rings. The molecule has 0 saturated carbocycles. The summed E-state index contributed by atoms with van der Waals surface area (Å²) < 4.78 is 26.7. The minimum absolute atomic E-state index is 0.151. The molecule has 0 radical (unpaired) electrons. The Labute approximate surface area is 113 Å². The van der Waals surface area contributed by atoms with Crippen molar-refractivity contribution in [3.63, 3.8) is 0 Å². The first-order chi connectivity index (χ1) is 8.53. The zero-order valence-electron chi connectivity index (χ0n) is 10.6. The molecular weight excluding hydrogens is 270 g/mol. The van der Waals surface area contributed by atoms with E-state index in [0.29, 0.717) is 17.7 Å². The van der Waals surface area contributed by atoms with E-state index < -0.39 is 10.0 Å². The quantitative estimate of drug-likeness (QED) is 0.747. The van der Waals surface area contributed by atoms with Gasteiger partial charge in [-0.2, -0.15) is 11.8 Å². The van der Waals surface area contributed by atoms with Crippen LogP contribution in [0.25, 0.3) is 0 Å². The van der Waals surface area contributed by atoms with Crippen molar-refractivity contribution < 1.29 is 13.5 Å². The van der Waals surface area contributed by atoms with E-state index in [1.807, 2.05) is 6.26 Å². The minimum Gasteiger partial charge on any atom is -0.392 e. The topological polar surface area (TPSA) is 66.4 Å². The summed E-state index contributed by atoms with van der Waals surface area (Å²) in [4.78, 5) is 0.248. The highest BCUT2D eigenvalue weighted by atomic mass is 32.2. The van der Waals surface area contributed by atoms with Crippen LogP contribution in [0.15, 0.2) is 23.1 Å². The van der Waals surface area contributed by atoms with E-state index in [9.17, 15) is 8.42 Å². The molecule has 1 rings (SSSR count). The molecule has 4 nitrogen and oxygen atoms in total. The maximum atomic E-state index is 12.1. The molecule has 0 fully saturated rings. The van der Waals surface area contributed by atoms with Crippen LogP contribution in [0.5, 0.6) is 0 Å². The Kier molecular flexibility index (Phi) is 6.14. The molecule has 0 unspecified atom stereocenters. The van der Waals surface area contributed by atoms with Gasteiger partial charge in [0.05, 0.1) is 11.5 Å².